The first-order chi connectivity index (χ1) is 9.34. The van der Waals surface area contributed by atoms with Crippen molar-refractivity contribution in [3.8, 4) is 0 Å². The van der Waals surface area contributed by atoms with Crippen LogP contribution < -0.4 is 0 Å². The molecule has 0 bridgehead atoms. The van der Waals surface area contributed by atoms with E-state index < -0.39 is 0 Å². The monoisotopic (exact) mass is 325 g/mol. The van der Waals surface area contributed by atoms with Gasteiger partial charge in [0.25, 0.3) is 0 Å². The molecule has 1 heterocycles. The molecule has 0 aliphatic heterocycles. The fraction of sp³-hybridized carbons (Fsp3) is 0.706. The molecule has 1 atom stereocenters. The zero-order chi connectivity index (χ0) is 13.8. The van der Waals surface area contributed by atoms with Gasteiger partial charge in [0.15, 0.2) is 0 Å². The van der Waals surface area contributed by atoms with Gasteiger partial charge < -0.3 is 0 Å². The Morgan fingerprint density at radius 1 is 0.947 bits per heavy atom. The van der Waals surface area contributed by atoms with Gasteiger partial charge in [-0.3, -0.25) is 4.98 Å². The minimum absolute atomic E-state index is 0.429. The second-order valence-electron chi connectivity index (χ2n) is 5.34. The van der Waals surface area contributed by atoms with Gasteiger partial charge in [-0.1, -0.05) is 86.7 Å². The van der Waals surface area contributed by atoms with E-state index in [1.54, 1.807) is 0 Å². The Bertz CT molecular complexity index is 299. The SMILES string of the molecule is CCCCCCCCCCCC(Br)c1ccccn1. The topological polar surface area (TPSA) is 12.9 Å². The summed E-state index contributed by atoms with van der Waals surface area (Å²) in [5, 5.41) is 0. The lowest BCUT2D eigenvalue weighted by Crippen LogP contribution is -1.93. The Morgan fingerprint density at radius 3 is 2.16 bits per heavy atom. The van der Waals surface area contributed by atoms with Crippen LogP contribution in [0, 0.1) is 0 Å². The molecule has 1 aromatic heterocycles. The number of aromatic nitrogens is 1. The van der Waals surface area contributed by atoms with Crippen LogP contribution >= 0.6 is 15.9 Å². The molecular weight excluding hydrogens is 298 g/mol. The summed E-state index contributed by atoms with van der Waals surface area (Å²) >= 11 is 3.73. The van der Waals surface area contributed by atoms with E-state index in [2.05, 4.69) is 40.0 Å². The van der Waals surface area contributed by atoms with Gasteiger partial charge in [-0.05, 0) is 18.6 Å². The molecule has 0 aliphatic rings. The van der Waals surface area contributed by atoms with E-state index in [1.807, 2.05) is 12.3 Å². The second-order valence-corrected chi connectivity index (χ2v) is 6.44. The van der Waals surface area contributed by atoms with Crippen molar-refractivity contribution < 1.29 is 0 Å². The Hall–Kier alpha value is -0.370. The molecule has 0 fully saturated rings. The van der Waals surface area contributed by atoms with Gasteiger partial charge in [0.2, 0.25) is 0 Å². The summed E-state index contributed by atoms with van der Waals surface area (Å²) in [6, 6.07) is 6.14. The largest absolute Gasteiger partial charge is 0.260 e. The third-order valence-corrected chi connectivity index (χ3v) is 4.50. The lowest BCUT2D eigenvalue weighted by Gasteiger charge is -2.08. The number of rotatable bonds is 11. The van der Waals surface area contributed by atoms with Crippen molar-refractivity contribution >= 4 is 15.9 Å². The molecule has 1 rings (SSSR count). The van der Waals surface area contributed by atoms with Crippen molar-refractivity contribution in [1.29, 1.82) is 0 Å². The normalized spacial score (nSPS) is 12.5. The van der Waals surface area contributed by atoms with Crippen LogP contribution in [0.4, 0.5) is 0 Å². The molecule has 0 saturated carbocycles. The maximum absolute atomic E-state index is 4.39. The van der Waals surface area contributed by atoms with Crippen molar-refractivity contribution in [3.05, 3.63) is 30.1 Å². The predicted molar refractivity (Wildman–Crippen MR) is 87.7 cm³/mol. The standard InChI is InChI=1S/C17H28BrN/c1-2-3-4-5-6-7-8-9-10-13-16(18)17-14-11-12-15-19-17/h11-12,14-16H,2-10,13H2,1H3. The number of nitrogens with zero attached hydrogens (tertiary/aromatic N) is 1. The molecule has 2 heteroatoms. The molecule has 1 aromatic rings. The number of hydrogen-bond donors (Lipinski definition) is 0. The number of pyridine rings is 1. The van der Waals surface area contributed by atoms with Crippen LogP contribution in [-0.4, -0.2) is 4.98 Å². The Labute approximate surface area is 127 Å². The lowest BCUT2D eigenvalue weighted by molar-refractivity contribution is 0.555. The second kappa shape index (κ2) is 11.5. The number of unbranched alkanes of at least 4 members (excludes halogenated alkanes) is 8. The molecule has 0 aliphatic carbocycles. The summed E-state index contributed by atoms with van der Waals surface area (Å²) in [6.07, 6.45) is 15.6. The van der Waals surface area contributed by atoms with E-state index in [4.69, 9.17) is 0 Å². The zero-order valence-electron chi connectivity index (χ0n) is 12.3. The van der Waals surface area contributed by atoms with Crippen LogP contribution in [0.15, 0.2) is 24.4 Å². The Morgan fingerprint density at radius 2 is 1.58 bits per heavy atom. The molecule has 0 aromatic carbocycles. The van der Waals surface area contributed by atoms with Crippen molar-refractivity contribution in [2.45, 2.75) is 76.0 Å². The van der Waals surface area contributed by atoms with Gasteiger partial charge in [-0.25, -0.2) is 0 Å². The van der Waals surface area contributed by atoms with Gasteiger partial charge in [0.1, 0.15) is 0 Å². The van der Waals surface area contributed by atoms with Crippen molar-refractivity contribution in [2.75, 3.05) is 0 Å². The first-order valence-electron chi connectivity index (χ1n) is 7.89. The van der Waals surface area contributed by atoms with Gasteiger partial charge in [-0.15, -0.1) is 0 Å². The fourth-order valence-electron chi connectivity index (χ4n) is 2.34. The van der Waals surface area contributed by atoms with E-state index in [1.165, 1.54) is 69.9 Å². The van der Waals surface area contributed by atoms with Crippen LogP contribution in [0.25, 0.3) is 0 Å². The number of hydrogen-bond acceptors (Lipinski definition) is 1. The maximum Gasteiger partial charge on any atom is 0.0568 e. The average molecular weight is 326 g/mol. The number of halogens is 1. The molecule has 0 amide bonds. The van der Waals surface area contributed by atoms with Gasteiger partial charge in [-0.2, -0.15) is 0 Å². The average Bonchev–Trinajstić information content (AvgIpc) is 2.46. The highest BCUT2D eigenvalue weighted by atomic mass is 79.9. The van der Waals surface area contributed by atoms with Gasteiger partial charge in [0, 0.05) is 6.20 Å². The van der Waals surface area contributed by atoms with Gasteiger partial charge in [0.05, 0.1) is 10.5 Å². The van der Waals surface area contributed by atoms with E-state index in [-0.39, 0.29) is 0 Å². The van der Waals surface area contributed by atoms with E-state index in [0.717, 1.165) is 0 Å². The fourth-order valence-corrected chi connectivity index (χ4v) is 2.94. The van der Waals surface area contributed by atoms with Crippen molar-refractivity contribution in [3.63, 3.8) is 0 Å². The molecule has 1 unspecified atom stereocenters. The molecular formula is C17H28BrN. The highest BCUT2D eigenvalue weighted by Crippen LogP contribution is 2.26. The number of alkyl halides is 1. The van der Waals surface area contributed by atoms with Gasteiger partial charge >= 0.3 is 0 Å². The van der Waals surface area contributed by atoms with Crippen LogP contribution in [0.1, 0.15) is 81.7 Å². The molecule has 108 valence electrons. The van der Waals surface area contributed by atoms with Crippen LogP contribution in [-0.2, 0) is 0 Å². The summed E-state index contributed by atoms with van der Waals surface area (Å²) in [6.45, 7) is 2.28. The van der Waals surface area contributed by atoms with E-state index in [0.29, 0.717) is 4.83 Å². The van der Waals surface area contributed by atoms with Crippen LogP contribution in [0.3, 0.4) is 0 Å². The highest BCUT2D eigenvalue weighted by molar-refractivity contribution is 9.09. The minimum atomic E-state index is 0.429. The third kappa shape index (κ3) is 8.41. The summed E-state index contributed by atoms with van der Waals surface area (Å²) < 4.78 is 0. The van der Waals surface area contributed by atoms with E-state index in [9.17, 15) is 0 Å². The van der Waals surface area contributed by atoms with E-state index >= 15 is 0 Å². The van der Waals surface area contributed by atoms with Crippen molar-refractivity contribution in [2.24, 2.45) is 0 Å². The third-order valence-electron chi connectivity index (χ3n) is 3.57. The zero-order valence-corrected chi connectivity index (χ0v) is 13.9. The first-order valence-corrected chi connectivity index (χ1v) is 8.81. The lowest BCUT2D eigenvalue weighted by atomic mass is 10.1. The molecule has 1 nitrogen and oxygen atoms in total. The Kier molecular flexibility index (Phi) is 10.1. The maximum atomic E-state index is 4.39. The van der Waals surface area contributed by atoms with Crippen LogP contribution in [0.2, 0.25) is 0 Å². The summed E-state index contributed by atoms with van der Waals surface area (Å²) in [5.74, 6) is 0. The summed E-state index contributed by atoms with van der Waals surface area (Å²) in [4.78, 5) is 4.82. The minimum Gasteiger partial charge on any atom is -0.260 e. The molecule has 0 spiro atoms. The predicted octanol–water partition coefficient (Wildman–Crippen LogP) is 6.44. The Balaban J connectivity index is 1.93. The quantitative estimate of drug-likeness (QED) is 0.337. The van der Waals surface area contributed by atoms with Crippen LogP contribution in [0.5, 0.6) is 0 Å². The summed E-state index contributed by atoms with van der Waals surface area (Å²) in [5.41, 5.74) is 1.17. The smallest absolute Gasteiger partial charge is 0.0568 e. The van der Waals surface area contributed by atoms with Crippen molar-refractivity contribution in [1.82, 2.24) is 4.98 Å². The first kappa shape index (κ1) is 16.7. The summed E-state index contributed by atoms with van der Waals surface area (Å²) in [7, 11) is 0. The molecule has 0 saturated heterocycles. The molecule has 19 heavy (non-hydrogen) atoms. The molecule has 0 N–H and O–H groups in total. The molecule has 0 radical (unpaired) electrons. The highest BCUT2D eigenvalue weighted by Gasteiger charge is 2.07.